The lowest BCUT2D eigenvalue weighted by Gasteiger charge is -2.29. The maximum Gasteiger partial charge on any atom is 0.157 e. The summed E-state index contributed by atoms with van der Waals surface area (Å²) in [7, 11) is 0. The van der Waals surface area contributed by atoms with Crippen LogP contribution in [0, 0.1) is 11.7 Å². The number of benzene rings is 3. The molecule has 4 rings (SSSR count). The van der Waals surface area contributed by atoms with E-state index in [0.29, 0.717) is 16.5 Å². The van der Waals surface area contributed by atoms with Crippen molar-refractivity contribution in [1.82, 2.24) is 0 Å². The van der Waals surface area contributed by atoms with Crippen LogP contribution in [-0.2, 0) is 15.9 Å². The first-order valence-electron chi connectivity index (χ1n) is 11.5. The molecule has 1 saturated heterocycles. The highest BCUT2D eigenvalue weighted by Crippen LogP contribution is 2.28. The van der Waals surface area contributed by atoms with Gasteiger partial charge in [-0.15, -0.1) is 0 Å². The van der Waals surface area contributed by atoms with Gasteiger partial charge in [-0.1, -0.05) is 79.9 Å². The summed E-state index contributed by atoms with van der Waals surface area (Å²) >= 11 is 5.97. The number of halogens is 2. The van der Waals surface area contributed by atoms with E-state index in [9.17, 15) is 4.39 Å². The fourth-order valence-electron chi connectivity index (χ4n) is 4.13. The molecule has 3 aromatic carbocycles. The largest absolute Gasteiger partial charge is 0.352 e. The predicted molar refractivity (Wildman–Crippen MR) is 129 cm³/mol. The molecule has 4 heteroatoms. The summed E-state index contributed by atoms with van der Waals surface area (Å²) in [6.45, 7) is 3.74. The fraction of sp³-hybridized carbons (Fsp3) is 0.357. The quantitative estimate of drug-likeness (QED) is 0.345. The number of rotatable bonds is 8. The Morgan fingerprint density at radius 2 is 1.47 bits per heavy atom. The van der Waals surface area contributed by atoms with Crippen LogP contribution in [0.2, 0.25) is 5.02 Å². The van der Waals surface area contributed by atoms with E-state index in [1.807, 2.05) is 60.7 Å². The number of hydrogen-bond acceptors (Lipinski definition) is 2. The van der Waals surface area contributed by atoms with Crippen LogP contribution in [0.4, 0.5) is 4.39 Å². The Morgan fingerprint density at radius 1 is 0.844 bits per heavy atom. The Kier molecular flexibility index (Phi) is 7.96. The molecular weight excluding hydrogens is 423 g/mol. The minimum atomic E-state index is -0.202. The van der Waals surface area contributed by atoms with E-state index in [2.05, 4.69) is 6.92 Å². The highest BCUT2D eigenvalue weighted by atomic mass is 35.5. The zero-order chi connectivity index (χ0) is 22.3. The summed E-state index contributed by atoms with van der Waals surface area (Å²) in [4.78, 5) is 0. The molecule has 0 radical (unpaired) electrons. The highest BCUT2D eigenvalue weighted by molar-refractivity contribution is 6.30. The molecule has 0 amide bonds. The normalized spacial score (nSPS) is 18.6. The molecule has 0 unspecified atom stereocenters. The number of hydrogen-bond donors (Lipinski definition) is 0. The molecule has 0 aromatic heterocycles. The van der Waals surface area contributed by atoms with Gasteiger partial charge in [-0.3, -0.25) is 0 Å². The highest BCUT2D eigenvalue weighted by Gasteiger charge is 2.21. The molecule has 0 spiro atoms. The van der Waals surface area contributed by atoms with Gasteiger partial charge in [0, 0.05) is 22.9 Å². The van der Waals surface area contributed by atoms with Crippen molar-refractivity contribution in [2.75, 3.05) is 13.2 Å². The van der Waals surface area contributed by atoms with Gasteiger partial charge in [0.1, 0.15) is 5.82 Å². The monoisotopic (exact) mass is 452 g/mol. The van der Waals surface area contributed by atoms with Crippen molar-refractivity contribution in [3.8, 4) is 22.3 Å². The number of unbranched alkanes of at least 4 members (excludes halogenated alkanes) is 1. The van der Waals surface area contributed by atoms with Gasteiger partial charge in [0.15, 0.2) is 6.29 Å². The zero-order valence-electron chi connectivity index (χ0n) is 18.5. The summed E-state index contributed by atoms with van der Waals surface area (Å²) in [6, 6.07) is 21.2. The molecule has 0 bridgehead atoms. The van der Waals surface area contributed by atoms with Crippen LogP contribution in [-0.4, -0.2) is 19.5 Å². The van der Waals surface area contributed by atoms with Gasteiger partial charge in [-0.05, 0) is 53.3 Å². The van der Waals surface area contributed by atoms with Crippen molar-refractivity contribution >= 4 is 11.6 Å². The lowest BCUT2D eigenvalue weighted by atomic mass is 9.98. The van der Waals surface area contributed by atoms with E-state index in [1.54, 1.807) is 6.07 Å². The zero-order valence-corrected chi connectivity index (χ0v) is 19.3. The van der Waals surface area contributed by atoms with Gasteiger partial charge in [0.2, 0.25) is 0 Å². The molecule has 1 aliphatic heterocycles. The van der Waals surface area contributed by atoms with Crippen LogP contribution in [0.3, 0.4) is 0 Å². The van der Waals surface area contributed by atoms with Gasteiger partial charge in [-0.25, -0.2) is 4.39 Å². The molecule has 32 heavy (non-hydrogen) atoms. The Balaban J connectivity index is 1.34. The molecule has 0 saturated carbocycles. The fourth-order valence-corrected chi connectivity index (χ4v) is 4.25. The molecule has 168 valence electrons. The Hall–Kier alpha value is -2.20. The Labute approximate surface area is 195 Å². The topological polar surface area (TPSA) is 18.5 Å². The summed E-state index contributed by atoms with van der Waals surface area (Å²) in [5, 5.41) is 0.713. The lowest BCUT2D eigenvalue weighted by molar-refractivity contribution is -0.203. The second-order valence-corrected chi connectivity index (χ2v) is 8.98. The molecule has 0 atom stereocenters. The maximum absolute atomic E-state index is 14.9. The van der Waals surface area contributed by atoms with Gasteiger partial charge in [0.25, 0.3) is 0 Å². The third-order valence-corrected chi connectivity index (χ3v) is 6.33. The van der Waals surface area contributed by atoms with Crippen LogP contribution in [0.5, 0.6) is 0 Å². The predicted octanol–water partition coefficient (Wildman–Crippen LogP) is 7.93. The van der Waals surface area contributed by atoms with E-state index in [4.69, 9.17) is 21.1 Å². The van der Waals surface area contributed by atoms with E-state index < -0.39 is 0 Å². The molecule has 1 aliphatic rings. The standard InChI is InChI=1S/C28H30ClFO2/c1-2-3-4-21-18-31-28(32-19-21)16-6-20-5-15-26(27(30)17-20)24-9-7-22(8-10-24)23-11-13-25(29)14-12-23/h5,7-15,17,21,28H,2-4,6,16,18-19H2,1H3. The van der Waals surface area contributed by atoms with Gasteiger partial charge < -0.3 is 9.47 Å². The number of aryl methyl sites for hydroxylation is 1. The van der Waals surface area contributed by atoms with Gasteiger partial charge in [-0.2, -0.15) is 0 Å². The summed E-state index contributed by atoms with van der Waals surface area (Å²) in [5.74, 6) is 0.306. The molecule has 3 aromatic rings. The third kappa shape index (κ3) is 5.98. The summed E-state index contributed by atoms with van der Waals surface area (Å²) in [6.07, 6.45) is 4.88. The van der Waals surface area contributed by atoms with Gasteiger partial charge in [0.05, 0.1) is 13.2 Å². The molecule has 1 heterocycles. The van der Waals surface area contributed by atoms with Crippen LogP contribution in [0.15, 0.2) is 66.7 Å². The molecule has 2 nitrogen and oxygen atoms in total. The van der Waals surface area contributed by atoms with Crippen molar-refractivity contribution in [2.45, 2.75) is 45.3 Å². The summed E-state index contributed by atoms with van der Waals surface area (Å²) < 4.78 is 26.6. The molecule has 1 fully saturated rings. The molecular formula is C28H30ClFO2. The SMILES string of the molecule is CCCCC1COC(CCc2ccc(-c3ccc(-c4ccc(Cl)cc4)cc3)c(F)c2)OC1. The minimum Gasteiger partial charge on any atom is -0.352 e. The first-order chi connectivity index (χ1) is 15.6. The Bertz CT molecular complexity index is 993. The van der Waals surface area contributed by atoms with Crippen molar-refractivity contribution in [3.05, 3.63) is 83.1 Å². The smallest absolute Gasteiger partial charge is 0.157 e. The molecule has 0 aliphatic carbocycles. The van der Waals surface area contributed by atoms with Crippen molar-refractivity contribution < 1.29 is 13.9 Å². The van der Waals surface area contributed by atoms with E-state index in [-0.39, 0.29) is 12.1 Å². The van der Waals surface area contributed by atoms with Crippen LogP contribution < -0.4 is 0 Å². The second kappa shape index (κ2) is 11.1. The third-order valence-electron chi connectivity index (χ3n) is 6.08. The minimum absolute atomic E-state index is 0.184. The number of ether oxygens (including phenoxy) is 2. The lowest BCUT2D eigenvalue weighted by Crippen LogP contribution is -2.32. The second-order valence-electron chi connectivity index (χ2n) is 8.54. The van der Waals surface area contributed by atoms with Gasteiger partial charge >= 0.3 is 0 Å². The van der Waals surface area contributed by atoms with E-state index >= 15 is 0 Å². The first kappa shape index (κ1) is 23.0. The first-order valence-corrected chi connectivity index (χ1v) is 11.9. The van der Waals surface area contributed by atoms with E-state index in [1.165, 1.54) is 12.8 Å². The van der Waals surface area contributed by atoms with Crippen molar-refractivity contribution in [3.63, 3.8) is 0 Å². The van der Waals surface area contributed by atoms with Crippen LogP contribution >= 0.6 is 11.6 Å². The van der Waals surface area contributed by atoms with E-state index in [0.717, 1.165) is 54.7 Å². The van der Waals surface area contributed by atoms with Crippen molar-refractivity contribution in [1.29, 1.82) is 0 Å². The van der Waals surface area contributed by atoms with Crippen LogP contribution in [0.25, 0.3) is 22.3 Å². The maximum atomic E-state index is 14.9. The summed E-state index contributed by atoms with van der Waals surface area (Å²) in [5.41, 5.74) is 4.60. The molecule has 0 N–H and O–H groups in total. The van der Waals surface area contributed by atoms with Crippen LogP contribution in [0.1, 0.15) is 38.2 Å². The average Bonchev–Trinajstić information content (AvgIpc) is 2.83. The average molecular weight is 453 g/mol. The Morgan fingerprint density at radius 3 is 2.09 bits per heavy atom. The van der Waals surface area contributed by atoms with Crippen molar-refractivity contribution in [2.24, 2.45) is 5.92 Å².